The van der Waals surface area contributed by atoms with Crippen LogP contribution < -0.4 is 11.1 Å². The van der Waals surface area contributed by atoms with E-state index in [1.807, 2.05) is 0 Å². The maximum atomic E-state index is 13.7. The number of nitrogens with two attached hydrogens (primary N) is 1. The second kappa shape index (κ2) is 5.70. The number of thioether (sulfide) groups is 1. The number of anilines is 3. The van der Waals surface area contributed by atoms with Crippen LogP contribution in [0, 0.1) is 11.6 Å². The van der Waals surface area contributed by atoms with Gasteiger partial charge in [0.25, 0.3) is 0 Å². The van der Waals surface area contributed by atoms with Crippen LogP contribution in [0.25, 0.3) is 0 Å². The van der Waals surface area contributed by atoms with Crippen LogP contribution in [-0.2, 0) is 0 Å². The summed E-state index contributed by atoms with van der Waals surface area (Å²) in [4.78, 5) is 8.02. The fourth-order valence-electron chi connectivity index (χ4n) is 1.39. The lowest BCUT2D eigenvalue weighted by molar-refractivity contribution is 0.589. The first-order chi connectivity index (χ1) is 8.99. The summed E-state index contributed by atoms with van der Waals surface area (Å²) in [6.45, 7) is 0. The quantitative estimate of drug-likeness (QED) is 0.657. The maximum Gasteiger partial charge on any atom is 0.191 e. The second-order valence-electron chi connectivity index (χ2n) is 3.53. The van der Waals surface area contributed by atoms with Crippen molar-refractivity contribution in [2.24, 2.45) is 0 Å². The number of hydrogen-bond donors (Lipinski definition) is 2. The third-order valence-corrected chi connectivity index (χ3v) is 3.17. The van der Waals surface area contributed by atoms with Gasteiger partial charge in [0.15, 0.2) is 16.8 Å². The van der Waals surface area contributed by atoms with Crippen molar-refractivity contribution in [1.29, 1.82) is 0 Å². The molecule has 0 radical (unpaired) electrons. The SMILES string of the molecule is CSc1nc(N)cc(Nc2c(F)cc(Br)cc2F)n1. The second-order valence-corrected chi connectivity index (χ2v) is 5.22. The summed E-state index contributed by atoms with van der Waals surface area (Å²) in [5.74, 6) is -0.999. The average Bonchev–Trinajstić information content (AvgIpc) is 2.33. The van der Waals surface area contributed by atoms with Gasteiger partial charge < -0.3 is 11.1 Å². The highest BCUT2D eigenvalue weighted by molar-refractivity contribution is 9.10. The lowest BCUT2D eigenvalue weighted by Crippen LogP contribution is -2.03. The topological polar surface area (TPSA) is 63.8 Å². The van der Waals surface area contributed by atoms with Crippen molar-refractivity contribution in [2.45, 2.75) is 5.16 Å². The summed E-state index contributed by atoms with van der Waals surface area (Å²) < 4.78 is 27.7. The molecule has 0 atom stereocenters. The molecule has 0 spiro atoms. The molecule has 4 nitrogen and oxygen atoms in total. The molecule has 0 unspecified atom stereocenters. The monoisotopic (exact) mass is 346 g/mol. The molecule has 1 heterocycles. The van der Waals surface area contributed by atoms with Crippen LogP contribution in [0.3, 0.4) is 0 Å². The van der Waals surface area contributed by atoms with Gasteiger partial charge in [0, 0.05) is 10.5 Å². The van der Waals surface area contributed by atoms with Crippen LogP contribution in [0.15, 0.2) is 27.8 Å². The highest BCUT2D eigenvalue weighted by Crippen LogP contribution is 2.27. The Bertz CT molecular complexity index is 601. The highest BCUT2D eigenvalue weighted by Gasteiger charge is 2.12. The van der Waals surface area contributed by atoms with Crippen LogP contribution in [0.4, 0.5) is 26.1 Å². The molecule has 8 heteroatoms. The first-order valence-corrected chi connectivity index (χ1v) is 7.11. The molecular weight excluding hydrogens is 338 g/mol. The summed E-state index contributed by atoms with van der Waals surface area (Å²) in [6, 6.07) is 3.72. The zero-order valence-corrected chi connectivity index (χ0v) is 12.1. The Morgan fingerprint density at radius 1 is 1.21 bits per heavy atom. The van der Waals surface area contributed by atoms with E-state index in [1.165, 1.54) is 17.8 Å². The zero-order valence-electron chi connectivity index (χ0n) is 9.75. The van der Waals surface area contributed by atoms with E-state index in [0.29, 0.717) is 9.63 Å². The average molecular weight is 347 g/mol. The van der Waals surface area contributed by atoms with Gasteiger partial charge in [-0.1, -0.05) is 27.7 Å². The van der Waals surface area contributed by atoms with E-state index in [1.54, 1.807) is 6.26 Å². The van der Waals surface area contributed by atoms with Gasteiger partial charge in [-0.15, -0.1) is 0 Å². The van der Waals surface area contributed by atoms with Crippen molar-refractivity contribution < 1.29 is 8.78 Å². The normalized spacial score (nSPS) is 10.5. The molecule has 0 aliphatic rings. The molecule has 0 aliphatic carbocycles. The van der Waals surface area contributed by atoms with Crippen molar-refractivity contribution >= 4 is 45.0 Å². The van der Waals surface area contributed by atoms with Gasteiger partial charge in [-0.3, -0.25) is 0 Å². The number of rotatable bonds is 3. The van der Waals surface area contributed by atoms with Crippen molar-refractivity contribution in [3.63, 3.8) is 0 Å². The molecule has 1 aromatic carbocycles. The number of nitrogens with zero attached hydrogens (tertiary/aromatic N) is 2. The summed E-state index contributed by atoms with van der Waals surface area (Å²) in [5.41, 5.74) is 5.31. The minimum absolute atomic E-state index is 0.222. The zero-order chi connectivity index (χ0) is 14.0. The molecular formula is C11H9BrF2N4S. The predicted octanol–water partition coefficient (Wildman–Crippen LogP) is 3.57. The highest BCUT2D eigenvalue weighted by atomic mass is 79.9. The molecule has 0 saturated heterocycles. The van der Waals surface area contributed by atoms with Gasteiger partial charge >= 0.3 is 0 Å². The van der Waals surface area contributed by atoms with Gasteiger partial charge in [-0.2, -0.15) is 0 Å². The predicted molar refractivity (Wildman–Crippen MR) is 75.6 cm³/mol. The van der Waals surface area contributed by atoms with Gasteiger partial charge in [0.1, 0.15) is 17.3 Å². The number of benzene rings is 1. The smallest absolute Gasteiger partial charge is 0.191 e. The Kier molecular flexibility index (Phi) is 4.20. The lowest BCUT2D eigenvalue weighted by atomic mass is 10.3. The third-order valence-electron chi connectivity index (χ3n) is 2.17. The molecule has 100 valence electrons. The van der Waals surface area contributed by atoms with Gasteiger partial charge in [-0.05, 0) is 18.4 Å². The molecule has 1 aromatic heterocycles. The summed E-state index contributed by atoms with van der Waals surface area (Å²) in [5, 5.41) is 2.99. The van der Waals surface area contributed by atoms with E-state index >= 15 is 0 Å². The molecule has 19 heavy (non-hydrogen) atoms. The Morgan fingerprint density at radius 3 is 2.42 bits per heavy atom. The number of halogens is 3. The Balaban J connectivity index is 2.39. The van der Waals surface area contributed by atoms with E-state index < -0.39 is 11.6 Å². The lowest BCUT2D eigenvalue weighted by Gasteiger charge is -2.09. The largest absolute Gasteiger partial charge is 0.383 e. The van der Waals surface area contributed by atoms with Crippen molar-refractivity contribution in [2.75, 3.05) is 17.3 Å². The molecule has 2 aromatic rings. The number of nitrogens with one attached hydrogen (secondary N) is 1. The van der Waals surface area contributed by atoms with Crippen LogP contribution in [0.5, 0.6) is 0 Å². The van der Waals surface area contributed by atoms with Gasteiger partial charge in [0.2, 0.25) is 0 Å². The van der Waals surface area contributed by atoms with E-state index in [4.69, 9.17) is 5.73 Å². The molecule has 0 bridgehead atoms. The molecule has 0 amide bonds. The summed E-state index contributed by atoms with van der Waals surface area (Å²) in [6.07, 6.45) is 1.78. The number of hydrogen-bond acceptors (Lipinski definition) is 5. The standard InChI is InChI=1S/C11H9BrF2N4S/c1-19-11-16-8(15)4-9(18-11)17-10-6(13)2-5(12)3-7(10)14/h2-4H,1H3,(H3,15,16,17,18). The van der Waals surface area contributed by atoms with Crippen LogP contribution in [-0.4, -0.2) is 16.2 Å². The van der Waals surface area contributed by atoms with Gasteiger partial charge in [0.05, 0.1) is 0 Å². The fraction of sp³-hybridized carbons (Fsp3) is 0.0909. The van der Waals surface area contributed by atoms with E-state index in [2.05, 4.69) is 31.2 Å². The summed E-state index contributed by atoms with van der Waals surface area (Å²) in [7, 11) is 0. The van der Waals surface area contributed by atoms with Crippen molar-refractivity contribution in [3.05, 3.63) is 34.3 Å². The number of nitrogen functional groups attached to an aromatic ring is 1. The van der Waals surface area contributed by atoms with Crippen molar-refractivity contribution in [3.8, 4) is 0 Å². The Hall–Kier alpha value is -1.41. The third kappa shape index (κ3) is 3.32. The minimum Gasteiger partial charge on any atom is -0.383 e. The Labute approximate surface area is 121 Å². The molecule has 2 rings (SSSR count). The van der Waals surface area contributed by atoms with Crippen molar-refractivity contribution in [1.82, 2.24) is 9.97 Å². The van der Waals surface area contributed by atoms with E-state index in [9.17, 15) is 8.78 Å². The summed E-state index contributed by atoms with van der Waals surface area (Å²) >= 11 is 4.29. The molecule has 3 N–H and O–H groups in total. The minimum atomic E-state index is -0.727. The van der Waals surface area contributed by atoms with Gasteiger partial charge in [-0.25, -0.2) is 18.7 Å². The maximum absolute atomic E-state index is 13.7. The fourth-order valence-corrected chi connectivity index (χ4v) is 2.18. The Morgan fingerprint density at radius 2 is 1.84 bits per heavy atom. The molecule has 0 fully saturated rings. The van der Waals surface area contributed by atoms with Crippen LogP contribution >= 0.6 is 27.7 Å². The first-order valence-electron chi connectivity index (χ1n) is 5.09. The number of aromatic nitrogens is 2. The van der Waals surface area contributed by atoms with Crippen LogP contribution in [0.1, 0.15) is 0 Å². The van der Waals surface area contributed by atoms with E-state index in [0.717, 1.165) is 12.1 Å². The van der Waals surface area contributed by atoms with Crippen LogP contribution in [0.2, 0.25) is 0 Å². The first kappa shape index (κ1) is 14.0. The molecule has 0 aliphatic heterocycles. The van der Waals surface area contributed by atoms with E-state index in [-0.39, 0.29) is 17.3 Å². The molecule has 0 saturated carbocycles.